The molecule has 0 atom stereocenters. The minimum Gasteiger partial charge on any atom is -0.543 e. The van der Waals surface area contributed by atoms with Gasteiger partial charge in [0.15, 0.2) is 0 Å². The third-order valence-electron chi connectivity index (χ3n) is 2.55. The van der Waals surface area contributed by atoms with Crippen molar-refractivity contribution < 1.29 is 37.5 Å². The maximum Gasteiger partial charge on any atom is 1.00 e. The first-order valence-electron chi connectivity index (χ1n) is 4.57. The summed E-state index contributed by atoms with van der Waals surface area (Å²) in [7, 11) is 0. The number of carbonyl (C=O) groups excluding carboxylic acids is 1. The smallest absolute Gasteiger partial charge is 0.543 e. The molecule has 1 aliphatic rings. The summed E-state index contributed by atoms with van der Waals surface area (Å²) in [5.74, 6) is -4.08. The first-order chi connectivity index (χ1) is 6.98. The predicted octanol–water partition coefficient (Wildman–Crippen LogP) is -2.70. The predicted molar refractivity (Wildman–Crippen MR) is 44.2 cm³/mol. The SMILES string of the molecule is O=C([O-])c1cncn1CC1CC(F)(F)C1.[Li+]. The summed E-state index contributed by atoms with van der Waals surface area (Å²) in [5.41, 5.74) is -0.0646. The Morgan fingerprint density at radius 2 is 2.25 bits per heavy atom. The standard InChI is InChI=1S/C9H10F2N2O2.Li/c10-9(11)1-6(2-9)4-13-5-12-3-7(13)8(14)15;/h3,5-6H,1-2,4H2,(H,14,15);/q;+1/p-1. The second-order valence-corrected chi connectivity index (χ2v) is 3.85. The number of halogens is 2. The fourth-order valence-electron chi connectivity index (χ4n) is 1.83. The number of aromatic nitrogens is 2. The maximum absolute atomic E-state index is 12.5. The molecular weight excluding hydrogens is 213 g/mol. The molecule has 82 valence electrons. The van der Waals surface area contributed by atoms with Gasteiger partial charge in [0.25, 0.3) is 0 Å². The van der Waals surface area contributed by atoms with E-state index in [0.717, 1.165) is 6.20 Å². The van der Waals surface area contributed by atoms with Crippen LogP contribution in [0.4, 0.5) is 8.78 Å². The second-order valence-electron chi connectivity index (χ2n) is 3.85. The third kappa shape index (κ3) is 2.63. The molecule has 0 saturated heterocycles. The topological polar surface area (TPSA) is 57.9 Å². The van der Waals surface area contributed by atoms with Crippen LogP contribution in [-0.4, -0.2) is 21.4 Å². The van der Waals surface area contributed by atoms with Gasteiger partial charge in [-0.25, -0.2) is 13.8 Å². The molecule has 1 saturated carbocycles. The van der Waals surface area contributed by atoms with Crippen molar-refractivity contribution in [3.05, 3.63) is 18.2 Å². The number of nitrogens with zero attached hydrogens (tertiary/aromatic N) is 2. The molecule has 2 rings (SSSR count). The van der Waals surface area contributed by atoms with Crippen molar-refractivity contribution in [2.75, 3.05) is 0 Å². The molecule has 7 heteroatoms. The van der Waals surface area contributed by atoms with E-state index < -0.39 is 11.9 Å². The fourth-order valence-corrected chi connectivity index (χ4v) is 1.83. The Morgan fingerprint density at radius 1 is 1.62 bits per heavy atom. The summed E-state index contributed by atoms with van der Waals surface area (Å²) in [6.45, 7) is 0.263. The van der Waals surface area contributed by atoms with E-state index in [1.165, 1.54) is 10.9 Å². The van der Waals surface area contributed by atoms with Crippen LogP contribution in [0.3, 0.4) is 0 Å². The van der Waals surface area contributed by atoms with E-state index >= 15 is 0 Å². The van der Waals surface area contributed by atoms with Gasteiger partial charge < -0.3 is 14.5 Å². The van der Waals surface area contributed by atoms with Crippen LogP contribution in [0.25, 0.3) is 0 Å². The second kappa shape index (κ2) is 4.56. The summed E-state index contributed by atoms with van der Waals surface area (Å²) < 4.78 is 26.4. The molecule has 1 aromatic rings. The van der Waals surface area contributed by atoms with Gasteiger partial charge in [-0.3, -0.25) is 0 Å². The molecule has 1 aliphatic carbocycles. The van der Waals surface area contributed by atoms with Gasteiger partial charge in [0, 0.05) is 19.4 Å². The molecule has 1 heterocycles. The van der Waals surface area contributed by atoms with Crippen molar-refractivity contribution in [3.63, 3.8) is 0 Å². The van der Waals surface area contributed by atoms with Gasteiger partial charge in [-0.1, -0.05) is 0 Å². The first kappa shape index (κ1) is 13.2. The number of carbonyl (C=O) groups is 1. The average molecular weight is 222 g/mol. The monoisotopic (exact) mass is 222 g/mol. The number of rotatable bonds is 3. The van der Waals surface area contributed by atoms with E-state index in [4.69, 9.17) is 0 Å². The van der Waals surface area contributed by atoms with Gasteiger partial charge in [0.1, 0.15) is 0 Å². The molecule has 0 bridgehead atoms. The van der Waals surface area contributed by atoms with Gasteiger partial charge in [0.2, 0.25) is 5.92 Å². The molecular formula is C9H9F2LiN2O2. The Labute approximate surface area is 103 Å². The molecule has 0 radical (unpaired) electrons. The normalized spacial score (nSPS) is 18.6. The third-order valence-corrected chi connectivity index (χ3v) is 2.55. The number of hydrogen-bond donors (Lipinski definition) is 0. The van der Waals surface area contributed by atoms with Crippen molar-refractivity contribution in [1.29, 1.82) is 0 Å². The molecule has 0 aromatic carbocycles. The summed E-state index contributed by atoms with van der Waals surface area (Å²) in [6, 6.07) is 0. The van der Waals surface area contributed by atoms with Gasteiger partial charge in [0.05, 0.1) is 24.2 Å². The minimum absolute atomic E-state index is 0. The Morgan fingerprint density at radius 3 is 2.75 bits per heavy atom. The number of imidazole rings is 1. The summed E-state index contributed by atoms with van der Waals surface area (Å²) in [4.78, 5) is 14.2. The van der Waals surface area contributed by atoms with Gasteiger partial charge in [-0.05, 0) is 5.92 Å². The molecule has 0 spiro atoms. The van der Waals surface area contributed by atoms with E-state index in [-0.39, 0.29) is 49.9 Å². The fraction of sp³-hybridized carbons (Fsp3) is 0.556. The quantitative estimate of drug-likeness (QED) is 0.523. The first-order valence-corrected chi connectivity index (χ1v) is 4.57. The van der Waals surface area contributed by atoms with Crippen LogP contribution < -0.4 is 24.0 Å². The van der Waals surface area contributed by atoms with E-state index in [1.807, 2.05) is 0 Å². The number of aromatic carboxylic acids is 1. The van der Waals surface area contributed by atoms with E-state index in [9.17, 15) is 18.7 Å². The Hall–Kier alpha value is -0.863. The van der Waals surface area contributed by atoms with Crippen LogP contribution in [0, 0.1) is 5.92 Å². The van der Waals surface area contributed by atoms with E-state index in [0.29, 0.717) is 0 Å². The van der Waals surface area contributed by atoms with Crippen molar-refractivity contribution in [2.24, 2.45) is 5.92 Å². The zero-order valence-corrected chi connectivity index (χ0v) is 8.82. The largest absolute Gasteiger partial charge is 1.00 e. The molecule has 1 aromatic heterocycles. The summed E-state index contributed by atoms with van der Waals surface area (Å²) >= 11 is 0. The van der Waals surface area contributed by atoms with Crippen molar-refractivity contribution in [3.8, 4) is 0 Å². The Bertz CT molecular complexity index is 387. The molecule has 1 fully saturated rings. The van der Waals surface area contributed by atoms with Crippen LogP contribution in [-0.2, 0) is 6.54 Å². The van der Waals surface area contributed by atoms with Gasteiger partial charge in [-0.15, -0.1) is 0 Å². The van der Waals surface area contributed by atoms with Crippen LogP contribution >= 0.6 is 0 Å². The van der Waals surface area contributed by atoms with Gasteiger partial charge in [-0.2, -0.15) is 0 Å². The number of carboxylic acids is 1. The Balaban J connectivity index is 0.00000128. The zero-order valence-electron chi connectivity index (χ0n) is 8.82. The minimum atomic E-state index is -2.58. The van der Waals surface area contributed by atoms with Crippen LogP contribution in [0.1, 0.15) is 23.3 Å². The average Bonchev–Trinajstić information content (AvgIpc) is 2.48. The molecule has 0 N–H and O–H groups in total. The number of alkyl halides is 2. The van der Waals surface area contributed by atoms with Gasteiger partial charge >= 0.3 is 18.9 Å². The molecule has 16 heavy (non-hydrogen) atoms. The van der Waals surface area contributed by atoms with Crippen LogP contribution in [0.15, 0.2) is 12.5 Å². The number of carboxylic acid groups (broad SMARTS) is 1. The molecule has 0 amide bonds. The number of hydrogen-bond acceptors (Lipinski definition) is 3. The van der Waals surface area contributed by atoms with E-state index in [2.05, 4.69) is 4.98 Å². The molecule has 4 nitrogen and oxygen atoms in total. The van der Waals surface area contributed by atoms with E-state index in [1.54, 1.807) is 0 Å². The summed E-state index contributed by atoms with van der Waals surface area (Å²) in [6.07, 6.45) is 2.11. The Kier molecular flexibility index (Phi) is 3.76. The van der Waals surface area contributed by atoms with Crippen molar-refractivity contribution in [1.82, 2.24) is 9.55 Å². The van der Waals surface area contributed by atoms with Crippen LogP contribution in [0.5, 0.6) is 0 Å². The maximum atomic E-state index is 12.5. The van der Waals surface area contributed by atoms with Crippen molar-refractivity contribution >= 4 is 5.97 Å². The van der Waals surface area contributed by atoms with Crippen LogP contribution in [0.2, 0.25) is 0 Å². The molecule has 0 unspecified atom stereocenters. The zero-order chi connectivity index (χ0) is 11.1. The van der Waals surface area contributed by atoms with Crippen molar-refractivity contribution in [2.45, 2.75) is 25.3 Å². The molecule has 0 aliphatic heterocycles. The summed E-state index contributed by atoms with van der Waals surface area (Å²) in [5, 5.41) is 10.6.